The average Bonchev–Trinajstić information content (AvgIpc) is 2.79. The molecule has 0 bridgehead atoms. The Balaban J connectivity index is 1.53. The lowest BCUT2D eigenvalue weighted by Crippen LogP contribution is -2.07. The van der Waals surface area contributed by atoms with E-state index >= 15 is 0 Å². The van der Waals surface area contributed by atoms with Crippen LogP contribution in [0.25, 0.3) is 12.2 Å². The second-order valence-corrected chi connectivity index (χ2v) is 7.04. The molecule has 0 saturated heterocycles. The zero-order valence-corrected chi connectivity index (χ0v) is 17.7. The molecule has 3 aromatic carbocycles. The van der Waals surface area contributed by atoms with Gasteiger partial charge in [-0.25, -0.2) is 4.79 Å². The van der Waals surface area contributed by atoms with Crippen molar-refractivity contribution in [2.24, 2.45) is 0 Å². The summed E-state index contributed by atoms with van der Waals surface area (Å²) in [6.45, 7) is 3.96. The van der Waals surface area contributed by atoms with Crippen molar-refractivity contribution >= 4 is 18.1 Å². The van der Waals surface area contributed by atoms with E-state index < -0.39 is 29.1 Å². The van der Waals surface area contributed by atoms with E-state index in [9.17, 15) is 13.6 Å². The SMILES string of the molecule is Cc1ccc(/C=C\COOc2ccc(OC(=O)/C=C/c3ccc(C)cc3)c(F)c2F)cc1. The Hall–Kier alpha value is -3.77. The minimum atomic E-state index is -1.35. The van der Waals surface area contributed by atoms with E-state index in [0.717, 1.165) is 40.5 Å². The van der Waals surface area contributed by atoms with Crippen LogP contribution in [-0.4, -0.2) is 12.6 Å². The highest BCUT2D eigenvalue weighted by Gasteiger charge is 2.18. The van der Waals surface area contributed by atoms with Gasteiger partial charge < -0.3 is 9.62 Å². The van der Waals surface area contributed by atoms with Crippen molar-refractivity contribution in [1.29, 1.82) is 0 Å². The van der Waals surface area contributed by atoms with Gasteiger partial charge in [-0.1, -0.05) is 71.8 Å². The average molecular weight is 436 g/mol. The van der Waals surface area contributed by atoms with Crippen molar-refractivity contribution in [3.8, 4) is 11.5 Å². The molecule has 0 fully saturated rings. The van der Waals surface area contributed by atoms with Crippen LogP contribution < -0.4 is 9.62 Å². The van der Waals surface area contributed by atoms with Gasteiger partial charge in [0.15, 0.2) is 5.75 Å². The molecule has 0 aliphatic heterocycles. The van der Waals surface area contributed by atoms with Crippen LogP contribution in [0.1, 0.15) is 22.3 Å². The molecule has 0 atom stereocenters. The highest BCUT2D eigenvalue weighted by atomic mass is 19.2. The molecule has 3 rings (SSSR count). The van der Waals surface area contributed by atoms with Gasteiger partial charge in [0.25, 0.3) is 0 Å². The third kappa shape index (κ3) is 6.62. The Bertz CT molecular complexity index is 1120. The maximum Gasteiger partial charge on any atom is 0.336 e. The van der Waals surface area contributed by atoms with Crippen molar-refractivity contribution in [2.75, 3.05) is 6.61 Å². The van der Waals surface area contributed by atoms with Gasteiger partial charge in [0, 0.05) is 6.08 Å². The number of aryl methyl sites for hydroxylation is 2. The smallest absolute Gasteiger partial charge is 0.336 e. The molecule has 0 N–H and O–H groups in total. The molecule has 0 saturated carbocycles. The van der Waals surface area contributed by atoms with Crippen LogP contribution in [0.3, 0.4) is 0 Å². The molecule has 0 aliphatic carbocycles. The van der Waals surface area contributed by atoms with Crippen LogP contribution in [-0.2, 0) is 9.68 Å². The van der Waals surface area contributed by atoms with Gasteiger partial charge in [0.05, 0.1) is 0 Å². The molecule has 0 aliphatic rings. The molecule has 3 aromatic rings. The largest absolute Gasteiger partial charge is 0.420 e. The fourth-order valence-electron chi connectivity index (χ4n) is 2.64. The molecular weight excluding hydrogens is 414 g/mol. The summed E-state index contributed by atoms with van der Waals surface area (Å²) in [5, 5.41) is 0. The first-order valence-electron chi connectivity index (χ1n) is 9.89. The van der Waals surface area contributed by atoms with Gasteiger partial charge in [-0.2, -0.15) is 13.7 Å². The van der Waals surface area contributed by atoms with E-state index in [2.05, 4.69) is 0 Å². The third-order valence-electron chi connectivity index (χ3n) is 4.41. The molecule has 0 amide bonds. The van der Waals surface area contributed by atoms with Gasteiger partial charge in [0.2, 0.25) is 17.4 Å². The van der Waals surface area contributed by atoms with Crippen LogP contribution >= 0.6 is 0 Å². The zero-order chi connectivity index (χ0) is 22.9. The van der Waals surface area contributed by atoms with Crippen LogP contribution in [0.5, 0.6) is 11.5 Å². The molecule has 6 heteroatoms. The maximum atomic E-state index is 14.2. The highest BCUT2D eigenvalue weighted by molar-refractivity contribution is 5.88. The molecule has 32 heavy (non-hydrogen) atoms. The Kier molecular flexibility index (Phi) is 7.89. The molecule has 0 aromatic heterocycles. The second-order valence-electron chi connectivity index (χ2n) is 7.04. The number of rotatable bonds is 8. The number of carbonyl (C=O) groups excluding carboxylic acids is 1. The molecule has 4 nitrogen and oxygen atoms in total. The summed E-state index contributed by atoms with van der Waals surface area (Å²) < 4.78 is 33.3. The normalized spacial score (nSPS) is 11.2. The Morgan fingerprint density at radius 1 is 0.781 bits per heavy atom. The standard InChI is InChI=1S/C26H22F2O4/c1-18-5-9-20(10-6-18)4-3-17-30-32-23-15-14-22(25(27)26(23)28)31-24(29)16-13-21-11-7-19(2)8-12-21/h3-16H,17H2,1-2H3/b4-3-,16-13+. The number of benzene rings is 3. The van der Waals surface area contributed by atoms with E-state index in [1.165, 1.54) is 6.08 Å². The minimum absolute atomic E-state index is 0.0233. The van der Waals surface area contributed by atoms with Gasteiger partial charge in [-0.05, 0) is 43.2 Å². The predicted molar refractivity (Wildman–Crippen MR) is 119 cm³/mol. The summed E-state index contributed by atoms with van der Waals surface area (Å²) >= 11 is 0. The fourth-order valence-corrected chi connectivity index (χ4v) is 2.64. The van der Waals surface area contributed by atoms with Crippen LogP contribution in [0.15, 0.2) is 72.8 Å². The predicted octanol–water partition coefficient (Wildman–Crippen LogP) is 6.22. The first kappa shape index (κ1) is 22.9. The fraction of sp³-hybridized carbons (Fsp3) is 0.115. The summed E-state index contributed by atoms with van der Waals surface area (Å²) in [4.78, 5) is 21.7. The Labute approximate surface area is 185 Å². The van der Waals surface area contributed by atoms with E-state index in [0.29, 0.717) is 0 Å². The van der Waals surface area contributed by atoms with E-state index in [1.807, 2.05) is 68.5 Å². The lowest BCUT2D eigenvalue weighted by molar-refractivity contribution is -0.198. The summed E-state index contributed by atoms with van der Waals surface area (Å²) in [6, 6.07) is 17.5. The van der Waals surface area contributed by atoms with E-state index in [1.54, 1.807) is 6.08 Å². The second kappa shape index (κ2) is 11.0. The molecule has 0 spiro atoms. The summed E-state index contributed by atoms with van der Waals surface area (Å²) in [7, 11) is 0. The van der Waals surface area contributed by atoms with Gasteiger partial charge in [-0.3, -0.25) is 0 Å². The van der Waals surface area contributed by atoms with Crippen LogP contribution in [0, 0.1) is 25.5 Å². The van der Waals surface area contributed by atoms with Gasteiger partial charge in [0.1, 0.15) is 6.61 Å². The van der Waals surface area contributed by atoms with Gasteiger partial charge in [-0.15, -0.1) is 0 Å². The zero-order valence-electron chi connectivity index (χ0n) is 17.7. The van der Waals surface area contributed by atoms with Crippen molar-refractivity contribution in [1.82, 2.24) is 0 Å². The first-order valence-corrected chi connectivity index (χ1v) is 9.89. The number of hydrogen-bond donors (Lipinski definition) is 0. The number of esters is 1. The van der Waals surface area contributed by atoms with Gasteiger partial charge >= 0.3 is 5.97 Å². The van der Waals surface area contributed by atoms with Crippen LogP contribution in [0.2, 0.25) is 0 Å². The lowest BCUT2D eigenvalue weighted by Gasteiger charge is -2.08. The van der Waals surface area contributed by atoms with Crippen molar-refractivity contribution < 1.29 is 28.1 Å². The van der Waals surface area contributed by atoms with Crippen molar-refractivity contribution in [3.05, 3.63) is 107 Å². The number of carbonyl (C=O) groups is 1. The molecular formula is C26H22F2O4. The Morgan fingerprint density at radius 3 is 1.94 bits per heavy atom. The number of ether oxygens (including phenoxy) is 1. The molecule has 0 radical (unpaired) electrons. The van der Waals surface area contributed by atoms with E-state index in [-0.39, 0.29) is 6.61 Å². The molecule has 164 valence electrons. The topological polar surface area (TPSA) is 44.8 Å². The summed E-state index contributed by atoms with van der Waals surface area (Å²) in [5.74, 6) is -4.51. The maximum absolute atomic E-state index is 14.2. The van der Waals surface area contributed by atoms with E-state index in [4.69, 9.17) is 14.5 Å². The van der Waals surface area contributed by atoms with Crippen molar-refractivity contribution in [2.45, 2.75) is 13.8 Å². The quantitative estimate of drug-likeness (QED) is 0.105. The summed E-state index contributed by atoms with van der Waals surface area (Å²) in [5.41, 5.74) is 3.97. The molecule has 0 unspecified atom stereocenters. The first-order chi connectivity index (χ1) is 15.4. The minimum Gasteiger partial charge on any atom is -0.420 e. The number of halogens is 2. The monoisotopic (exact) mass is 436 g/mol. The Morgan fingerprint density at radius 2 is 1.31 bits per heavy atom. The van der Waals surface area contributed by atoms with Crippen molar-refractivity contribution in [3.63, 3.8) is 0 Å². The summed E-state index contributed by atoms with van der Waals surface area (Å²) in [6.07, 6.45) is 6.14. The number of hydrogen-bond acceptors (Lipinski definition) is 4. The van der Waals surface area contributed by atoms with Crippen LogP contribution in [0.4, 0.5) is 8.78 Å². The third-order valence-corrected chi connectivity index (χ3v) is 4.41. The highest BCUT2D eigenvalue weighted by Crippen LogP contribution is 2.28. The lowest BCUT2D eigenvalue weighted by atomic mass is 10.1. The molecule has 0 heterocycles.